The smallest absolute Gasteiger partial charge is 0.281 e. The van der Waals surface area contributed by atoms with Crippen LogP contribution in [-0.2, 0) is 13.0 Å². The molecule has 3 rings (SSSR count). The van der Waals surface area contributed by atoms with Crippen molar-refractivity contribution in [2.75, 3.05) is 0 Å². The van der Waals surface area contributed by atoms with Gasteiger partial charge in [0.2, 0.25) is 0 Å². The first-order chi connectivity index (χ1) is 13.5. The van der Waals surface area contributed by atoms with Gasteiger partial charge in [-0.3, -0.25) is 9.48 Å². The summed E-state index contributed by atoms with van der Waals surface area (Å²) in [6.45, 7) is 5.35. The SMILES string of the molecule is CCc1c([C@H]2CCCC2(C)C)c(=O)n(-c2ccc(F)cc2F)n1CCC(F)(F)F. The van der Waals surface area contributed by atoms with Gasteiger partial charge in [-0.2, -0.15) is 13.2 Å². The Kier molecular flexibility index (Phi) is 5.66. The van der Waals surface area contributed by atoms with E-state index in [0.717, 1.165) is 36.1 Å². The van der Waals surface area contributed by atoms with Gasteiger partial charge in [0.05, 0.1) is 6.42 Å². The summed E-state index contributed by atoms with van der Waals surface area (Å²) in [7, 11) is 0. The Labute approximate surface area is 166 Å². The molecule has 2 aromatic rings. The van der Waals surface area contributed by atoms with Crippen LogP contribution in [-0.4, -0.2) is 15.5 Å². The highest BCUT2D eigenvalue weighted by molar-refractivity contribution is 5.37. The van der Waals surface area contributed by atoms with Crippen molar-refractivity contribution in [2.24, 2.45) is 5.41 Å². The highest BCUT2D eigenvalue weighted by atomic mass is 19.4. The topological polar surface area (TPSA) is 26.9 Å². The molecule has 1 saturated carbocycles. The molecule has 160 valence electrons. The van der Waals surface area contributed by atoms with Gasteiger partial charge < -0.3 is 0 Å². The fourth-order valence-corrected chi connectivity index (χ4v) is 4.55. The van der Waals surface area contributed by atoms with Crippen LogP contribution in [0.2, 0.25) is 0 Å². The number of halogens is 5. The van der Waals surface area contributed by atoms with E-state index >= 15 is 0 Å². The molecule has 0 aliphatic heterocycles. The van der Waals surface area contributed by atoms with Crippen molar-refractivity contribution in [3.05, 3.63) is 51.4 Å². The van der Waals surface area contributed by atoms with E-state index in [-0.39, 0.29) is 17.0 Å². The number of hydrogen-bond donors (Lipinski definition) is 0. The predicted octanol–water partition coefficient (Wildman–Crippen LogP) is 5.73. The van der Waals surface area contributed by atoms with E-state index < -0.39 is 36.3 Å². The maximum atomic E-state index is 14.5. The van der Waals surface area contributed by atoms with Crippen molar-refractivity contribution >= 4 is 0 Å². The molecular formula is C21H25F5N2O. The minimum Gasteiger partial charge on any atom is -0.281 e. The summed E-state index contributed by atoms with van der Waals surface area (Å²) >= 11 is 0. The molecule has 1 aliphatic rings. The van der Waals surface area contributed by atoms with E-state index in [1.807, 2.05) is 13.8 Å². The maximum Gasteiger partial charge on any atom is 0.390 e. The molecule has 1 heterocycles. The Morgan fingerprint density at radius 1 is 1.21 bits per heavy atom. The highest BCUT2D eigenvalue weighted by Gasteiger charge is 2.40. The first-order valence-electron chi connectivity index (χ1n) is 9.83. The molecule has 1 fully saturated rings. The molecular weight excluding hydrogens is 391 g/mol. The van der Waals surface area contributed by atoms with Gasteiger partial charge in [0.15, 0.2) is 5.82 Å². The Balaban J connectivity index is 2.26. The summed E-state index contributed by atoms with van der Waals surface area (Å²) in [5.74, 6) is -1.93. The fourth-order valence-electron chi connectivity index (χ4n) is 4.55. The van der Waals surface area contributed by atoms with Crippen molar-refractivity contribution in [1.29, 1.82) is 0 Å². The minimum absolute atomic E-state index is 0.119. The third-order valence-corrected chi connectivity index (χ3v) is 5.97. The number of aromatic nitrogens is 2. The van der Waals surface area contributed by atoms with Gasteiger partial charge in [-0.05, 0) is 42.7 Å². The Bertz CT molecular complexity index is 955. The number of hydrogen-bond acceptors (Lipinski definition) is 1. The van der Waals surface area contributed by atoms with Crippen molar-refractivity contribution < 1.29 is 22.0 Å². The van der Waals surface area contributed by atoms with Crippen molar-refractivity contribution in [2.45, 2.75) is 71.5 Å². The molecule has 3 nitrogen and oxygen atoms in total. The second kappa shape index (κ2) is 7.61. The van der Waals surface area contributed by atoms with Crippen LogP contribution in [0.4, 0.5) is 22.0 Å². The standard InChI is InChI=1S/C21H25F5N2O/c1-4-16-18(14-6-5-9-20(14,2)3)19(29)28(27(16)11-10-21(24,25)26)17-8-7-13(22)12-15(17)23/h7-8,12,14H,4-6,9-11H2,1-3H3/t14-/m1/s1. The van der Waals surface area contributed by atoms with Gasteiger partial charge >= 0.3 is 6.18 Å². The number of alkyl halides is 3. The van der Waals surface area contributed by atoms with Crippen LogP contribution in [0.15, 0.2) is 23.0 Å². The summed E-state index contributed by atoms with van der Waals surface area (Å²) in [6.07, 6.45) is -2.66. The van der Waals surface area contributed by atoms with Crippen LogP contribution in [0.3, 0.4) is 0 Å². The van der Waals surface area contributed by atoms with E-state index in [0.29, 0.717) is 23.7 Å². The van der Waals surface area contributed by atoms with Crippen molar-refractivity contribution in [3.63, 3.8) is 0 Å². The molecule has 1 aromatic carbocycles. The second-order valence-corrected chi connectivity index (χ2v) is 8.35. The summed E-state index contributed by atoms with van der Waals surface area (Å²) in [5, 5.41) is 0. The molecule has 0 N–H and O–H groups in total. The van der Waals surface area contributed by atoms with Gasteiger partial charge in [0.25, 0.3) is 5.56 Å². The molecule has 8 heteroatoms. The fraction of sp³-hybridized carbons (Fsp3) is 0.571. The molecule has 1 aromatic heterocycles. The van der Waals surface area contributed by atoms with E-state index in [2.05, 4.69) is 0 Å². The lowest BCUT2D eigenvalue weighted by Gasteiger charge is -2.26. The lowest BCUT2D eigenvalue weighted by Crippen LogP contribution is -2.27. The molecule has 0 spiro atoms. The molecule has 1 aliphatic carbocycles. The number of rotatable bonds is 5. The van der Waals surface area contributed by atoms with Crippen LogP contribution in [0.25, 0.3) is 5.69 Å². The maximum absolute atomic E-state index is 14.5. The zero-order valence-electron chi connectivity index (χ0n) is 16.7. The summed E-state index contributed by atoms with van der Waals surface area (Å²) < 4.78 is 68.9. The van der Waals surface area contributed by atoms with E-state index in [4.69, 9.17) is 0 Å². The van der Waals surface area contributed by atoms with Gasteiger partial charge in [-0.1, -0.05) is 27.2 Å². The monoisotopic (exact) mass is 416 g/mol. The summed E-state index contributed by atoms with van der Waals surface area (Å²) in [4.78, 5) is 13.4. The zero-order chi connectivity index (χ0) is 21.6. The van der Waals surface area contributed by atoms with Crippen LogP contribution >= 0.6 is 0 Å². The quantitative estimate of drug-likeness (QED) is 0.572. The Hall–Kier alpha value is -2.12. The number of benzene rings is 1. The largest absolute Gasteiger partial charge is 0.390 e. The Morgan fingerprint density at radius 2 is 1.90 bits per heavy atom. The molecule has 0 radical (unpaired) electrons. The average molecular weight is 416 g/mol. The second-order valence-electron chi connectivity index (χ2n) is 8.35. The number of nitrogens with zero attached hydrogens (tertiary/aromatic N) is 2. The minimum atomic E-state index is -4.43. The highest BCUT2D eigenvalue weighted by Crippen LogP contribution is 2.49. The molecule has 0 unspecified atom stereocenters. The third kappa shape index (κ3) is 4.12. The van der Waals surface area contributed by atoms with Crippen LogP contribution in [0.1, 0.15) is 63.6 Å². The summed E-state index contributed by atoms with van der Waals surface area (Å²) in [5.41, 5.74) is 0.00651. The Morgan fingerprint density at radius 3 is 2.41 bits per heavy atom. The molecule has 0 amide bonds. The summed E-state index contributed by atoms with van der Waals surface area (Å²) in [6, 6.07) is 2.73. The molecule has 1 atom stereocenters. The molecule has 0 bridgehead atoms. The van der Waals surface area contributed by atoms with Crippen molar-refractivity contribution in [3.8, 4) is 5.69 Å². The average Bonchev–Trinajstić information content (AvgIpc) is 3.08. The van der Waals surface area contributed by atoms with E-state index in [1.54, 1.807) is 6.92 Å². The van der Waals surface area contributed by atoms with Crippen LogP contribution in [0.5, 0.6) is 0 Å². The van der Waals surface area contributed by atoms with E-state index in [9.17, 15) is 26.7 Å². The normalized spacial score (nSPS) is 19.1. The first-order valence-corrected chi connectivity index (χ1v) is 9.83. The predicted molar refractivity (Wildman–Crippen MR) is 100 cm³/mol. The third-order valence-electron chi connectivity index (χ3n) is 5.97. The lowest BCUT2D eigenvalue weighted by molar-refractivity contribution is -0.137. The van der Waals surface area contributed by atoms with Crippen molar-refractivity contribution in [1.82, 2.24) is 9.36 Å². The zero-order valence-corrected chi connectivity index (χ0v) is 16.7. The van der Waals surface area contributed by atoms with Gasteiger partial charge in [-0.15, -0.1) is 0 Å². The van der Waals surface area contributed by atoms with Crippen LogP contribution in [0, 0.1) is 17.0 Å². The van der Waals surface area contributed by atoms with Crippen LogP contribution < -0.4 is 5.56 Å². The molecule has 0 saturated heterocycles. The lowest BCUT2D eigenvalue weighted by atomic mass is 9.77. The molecule has 29 heavy (non-hydrogen) atoms. The first kappa shape index (κ1) is 21.6. The van der Waals surface area contributed by atoms with Gasteiger partial charge in [-0.25, -0.2) is 13.5 Å². The van der Waals surface area contributed by atoms with E-state index in [1.165, 1.54) is 4.68 Å². The van der Waals surface area contributed by atoms with Gasteiger partial charge in [0.1, 0.15) is 11.5 Å². The van der Waals surface area contributed by atoms with Gasteiger partial charge in [0, 0.05) is 23.9 Å².